The van der Waals surface area contributed by atoms with Crippen LogP contribution >= 0.6 is 0 Å². The molecule has 0 radical (unpaired) electrons. The standard InChI is InChI=1S/C14H13N3O2/c15-8-1-2-11-3-5-12(6-4-11)14(18)16-10-13-7-9-17-19-13/h3-7,9H,8,10,15H2,(H,16,18). The third-order valence-electron chi connectivity index (χ3n) is 2.40. The summed E-state index contributed by atoms with van der Waals surface area (Å²) in [6.07, 6.45) is 1.53. The zero-order valence-electron chi connectivity index (χ0n) is 10.2. The summed E-state index contributed by atoms with van der Waals surface area (Å²) in [5.74, 6) is 6.09. The molecule has 2 rings (SSSR count). The maximum absolute atomic E-state index is 11.8. The van der Waals surface area contributed by atoms with Gasteiger partial charge in [0.25, 0.3) is 5.91 Å². The van der Waals surface area contributed by atoms with E-state index in [-0.39, 0.29) is 5.91 Å². The molecule has 5 heteroatoms. The Kier molecular flexibility index (Phi) is 4.32. The van der Waals surface area contributed by atoms with Crippen LogP contribution < -0.4 is 11.1 Å². The molecule has 1 heterocycles. The third kappa shape index (κ3) is 3.69. The fraction of sp³-hybridized carbons (Fsp3) is 0.143. The van der Waals surface area contributed by atoms with Crippen LogP contribution in [0.25, 0.3) is 0 Å². The van der Waals surface area contributed by atoms with E-state index in [0.717, 1.165) is 5.56 Å². The van der Waals surface area contributed by atoms with Gasteiger partial charge in [-0.1, -0.05) is 17.0 Å². The van der Waals surface area contributed by atoms with E-state index >= 15 is 0 Å². The van der Waals surface area contributed by atoms with Crippen molar-refractivity contribution >= 4 is 5.91 Å². The summed E-state index contributed by atoms with van der Waals surface area (Å²) in [7, 11) is 0. The van der Waals surface area contributed by atoms with Crippen LogP contribution in [0.15, 0.2) is 41.1 Å². The molecule has 3 N–H and O–H groups in total. The minimum Gasteiger partial charge on any atom is -0.360 e. The predicted molar refractivity (Wildman–Crippen MR) is 70.0 cm³/mol. The van der Waals surface area contributed by atoms with Gasteiger partial charge in [0.05, 0.1) is 19.3 Å². The van der Waals surface area contributed by atoms with Crippen molar-refractivity contribution in [2.45, 2.75) is 6.54 Å². The van der Waals surface area contributed by atoms with Gasteiger partial charge in [0.2, 0.25) is 0 Å². The molecule has 0 fully saturated rings. The lowest BCUT2D eigenvalue weighted by Crippen LogP contribution is -2.22. The predicted octanol–water partition coefficient (Wildman–Crippen LogP) is 0.915. The van der Waals surface area contributed by atoms with E-state index in [9.17, 15) is 4.79 Å². The van der Waals surface area contributed by atoms with Gasteiger partial charge in [-0.3, -0.25) is 4.79 Å². The molecular formula is C14H13N3O2. The van der Waals surface area contributed by atoms with Gasteiger partial charge in [-0.2, -0.15) is 0 Å². The number of hydrogen-bond donors (Lipinski definition) is 2. The molecule has 0 aliphatic rings. The Bertz CT molecular complexity index is 592. The van der Waals surface area contributed by atoms with E-state index < -0.39 is 0 Å². The van der Waals surface area contributed by atoms with Crippen molar-refractivity contribution in [3.05, 3.63) is 53.4 Å². The molecule has 1 aromatic heterocycles. The number of benzene rings is 1. The lowest BCUT2D eigenvalue weighted by atomic mass is 10.1. The fourth-order valence-electron chi connectivity index (χ4n) is 1.46. The van der Waals surface area contributed by atoms with Crippen LogP contribution in [0.2, 0.25) is 0 Å². The first-order valence-corrected chi connectivity index (χ1v) is 5.76. The summed E-state index contributed by atoms with van der Waals surface area (Å²) >= 11 is 0. The average molecular weight is 255 g/mol. The minimum atomic E-state index is -0.172. The zero-order chi connectivity index (χ0) is 13.5. The van der Waals surface area contributed by atoms with Gasteiger partial charge in [-0.15, -0.1) is 0 Å². The molecule has 0 aliphatic carbocycles. The highest BCUT2D eigenvalue weighted by Crippen LogP contribution is 2.04. The quantitative estimate of drug-likeness (QED) is 0.799. The van der Waals surface area contributed by atoms with Gasteiger partial charge in [-0.05, 0) is 24.3 Å². The maximum Gasteiger partial charge on any atom is 0.251 e. The van der Waals surface area contributed by atoms with Gasteiger partial charge in [0.1, 0.15) is 0 Å². The lowest BCUT2D eigenvalue weighted by Gasteiger charge is -2.02. The molecular weight excluding hydrogens is 242 g/mol. The number of hydrogen-bond acceptors (Lipinski definition) is 4. The Balaban J connectivity index is 1.95. The molecule has 0 atom stereocenters. The Labute approximate surface area is 110 Å². The zero-order valence-corrected chi connectivity index (χ0v) is 10.2. The monoisotopic (exact) mass is 255 g/mol. The van der Waals surface area contributed by atoms with Crippen molar-refractivity contribution in [3.8, 4) is 11.8 Å². The van der Waals surface area contributed by atoms with Crippen LogP contribution in [-0.2, 0) is 6.54 Å². The fourth-order valence-corrected chi connectivity index (χ4v) is 1.46. The van der Waals surface area contributed by atoms with Crippen LogP contribution in [0.5, 0.6) is 0 Å². The van der Waals surface area contributed by atoms with E-state index in [0.29, 0.717) is 24.4 Å². The number of nitrogens with two attached hydrogens (primary N) is 1. The number of aromatic nitrogens is 1. The van der Waals surface area contributed by atoms with Crippen LogP contribution in [0.1, 0.15) is 21.7 Å². The molecule has 2 aromatic rings. The number of carbonyl (C=O) groups is 1. The number of nitrogens with one attached hydrogen (secondary N) is 1. The molecule has 1 aromatic carbocycles. The van der Waals surface area contributed by atoms with Crippen LogP contribution in [-0.4, -0.2) is 17.6 Å². The van der Waals surface area contributed by atoms with Crippen molar-refractivity contribution in [3.63, 3.8) is 0 Å². The summed E-state index contributed by atoms with van der Waals surface area (Å²) in [6, 6.07) is 8.70. The normalized spacial score (nSPS) is 9.53. The smallest absolute Gasteiger partial charge is 0.251 e. The number of nitrogens with zero attached hydrogens (tertiary/aromatic N) is 1. The van der Waals surface area contributed by atoms with E-state index in [1.165, 1.54) is 6.20 Å². The van der Waals surface area contributed by atoms with Crippen LogP contribution in [0.3, 0.4) is 0 Å². The Morgan fingerprint density at radius 1 is 1.32 bits per heavy atom. The van der Waals surface area contributed by atoms with Gasteiger partial charge in [0, 0.05) is 17.2 Å². The van der Waals surface area contributed by atoms with Gasteiger partial charge in [0.15, 0.2) is 5.76 Å². The van der Waals surface area contributed by atoms with Crippen molar-refractivity contribution in [1.29, 1.82) is 0 Å². The average Bonchev–Trinajstić information content (AvgIpc) is 2.96. The minimum absolute atomic E-state index is 0.172. The highest BCUT2D eigenvalue weighted by Gasteiger charge is 2.05. The summed E-state index contributed by atoms with van der Waals surface area (Å²) < 4.78 is 4.89. The summed E-state index contributed by atoms with van der Waals surface area (Å²) in [5, 5.41) is 6.30. The number of rotatable bonds is 3. The van der Waals surface area contributed by atoms with Crippen LogP contribution in [0, 0.1) is 11.8 Å². The molecule has 0 spiro atoms. The second-order valence-electron chi connectivity index (χ2n) is 3.74. The Morgan fingerprint density at radius 2 is 2.11 bits per heavy atom. The van der Waals surface area contributed by atoms with Crippen molar-refractivity contribution < 1.29 is 9.32 Å². The van der Waals surface area contributed by atoms with E-state index in [2.05, 4.69) is 22.3 Å². The van der Waals surface area contributed by atoms with Gasteiger partial charge >= 0.3 is 0 Å². The molecule has 5 nitrogen and oxygen atoms in total. The van der Waals surface area contributed by atoms with Gasteiger partial charge < -0.3 is 15.6 Å². The number of amides is 1. The topological polar surface area (TPSA) is 81.2 Å². The molecule has 19 heavy (non-hydrogen) atoms. The largest absolute Gasteiger partial charge is 0.360 e. The highest BCUT2D eigenvalue weighted by molar-refractivity contribution is 5.94. The Morgan fingerprint density at radius 3 is 2.74 bits per heavy atom. The van der Waals surface area contributed by atoms with Gasteiger partial charge in [-0.25, -0.2) is 0 Å². The molecule has 0 saturated heterocycles. The SMILES string of the molecule is NCC#Cc1ccc(C(=O)NCc2ccno2)cc1. The lowest BCUT2D eigenvalue weighted by molar-refractivity contribution is 0.0947. The summed E-state index contributed by atoms with van der Waals surface area (Å²) in [5.41, 5.74) is 6.69. The summed E-state index contributed by atoms with van der Waals surface area (Å²) in [4.78, 5) is 11.8. The summed E-state index contributed by atoms with van der Waals surface area (Å²) in [6.45, 7) is 0.632. The molecule has 1 amide bonds. The number of carbonyl (C=O) groups excluding carboxylic acids is 1. The second kappa shape index (κ2) is 6.38. The first kappa shape index (κ1) is 12.9. The van der Waals surface area contributed by atoms with Crippen molar-refractivity contribution in [2.75, 3.05) is 6.54 Å². The first-order valence-electron chi connectivity index (χ1n) is 5.76. The molecule has 0 aliphatic heterocycles. The van der Waals surface area contributed by atoms with Crippen molar-refractivity contribution in [1.82, 2.24) is 10.5 Å². The first-order chi connectivity index (χ1) is 9.29. The van der Waals surface area contributed by atoms with E-state index in [1.807, 2.05) is 0 Å². The highest BCUT2D eigenvalue weighted by atomic mass is 16.5. The third-order valence-corrected chi connectivity index (χ3v) is 2.40. The van der Waals surface area contributed by atoms with E-state index in [1.54, 1.807) is 30.3 Å². The Hall–Kier alpha value is -2.58. The molecule has 0 unspecified atom stereocenters. The van der Waals surface area contributed by atoms with E-state index in [4.69, 9.17) is 10.3 Å². The van der Waals surface area contributed by atoms with Crippen molar-refractivity contribution in [2.24, 2.45) is 5.73 Å². The molecule has 0 bridgehead atoms. The van der Waals surface area contributed by atoms with Crippen LogP contribution in [0.4, 0.5) is 0 Å². The maximum atomic E-state index is 11.8. The second-order valence-corrected chi connectivity index (χ2v) is 3.74. The molecule has 96 valence electrons. The molecule has 0 saturated carbocycles.